The molecule has 0 radical (unpaired) electrons. The van der Waals surface area contributed by atoms with Gasteiger partial charge in [-0.05, 0) is 29.5 Å². The van der Waals surface area contributed by atoms with Crippen molar-refractivity contribution in [3.8, 4) is 0 Å². The molecule has 7 nitrogen and oxygen atoms in total. The molecule has 0 N–H and O–H groups in total. The first kappa shape index (κ1) is 21.0. The molecule has 154 valence electrons. The Labute approximate surface area is 170 Å². The summed E-state index contributed by atoms with van der Waals surface area (Å²) in [5.74, 6) is -0.255. The van der Waals surface area contributed by atoms with E-state index in [1.165, 1.54) is 23.1 Å². The second-order valence-corrected chi connectivity index (χ2v) is 9.89. The van der Waals surface area contributed by atoms with Crippen molar-refractivity contribution in [1.29, 1.82) is 0 Å². The van der Waals surface area contributed by atoms with Gasteiger partial charge >= 0.3 is 0 Å². The van der Waals surface area contributed by atoms with Gasteiger partial charge in [0.05, 0.1) is 16.4 Å². The smallest absolute Gasteiger partial charge is 0.282 e. The minimum absolute atomic E-state index is 0.0185. The van der Waals surface area contributed by atoms with Crippen molar-refractivity contribution < 1.29 is 18.1 Å². The first-order chi connectivity index (χ1) is 13.7. The summed E-state index contributed by atoms with van der Waals surface area (Å²) in [6.45, 7) is 4.37. The van der Waals surface area contributed by atoms with Crippen LogP contribution >= 0.6 is 0 Å². The molecule has 2 aromatic rings. The number of nitro benzene ring substituents is 1. The standard InChI is InChI=1S/C21H24N2O5S/c1-15(2)17-9-7-16(8-10-17)13-22(18-11-12-29(27,28)14-18)21(24)19-5-3-4-6-20(19)23(25)26/h3-10,15,18H,11-14H2,1-2H3/t18-/m0/s1. The first-order valence-corrected chi connectivity index (χ1v) is 11.3. The lowest BCUT2D eigenvalue weighted by Crippen LogP contribution is -2.40. The SMILES string of the molecule is CC(C)c1ccc(CN(C(=O)c2ccccc2[N+](=O)[O-])[C@H]2CCS(=O)(=O)C2)cc1. The van der Waals surface area contributed by atoms with E-state index in [9.17, 15) is 23.3 Å². The Morgan fingerprint density at radius 1 is 1.17 bits per heavy atom. The van der Waals surface area contributed by atoms with Crippen molar-refractivity contribution in [2.75, 3.05) is 11.5 Å². The lowest BCUT2D eigenvalue weighted by atomic mass is 10.0. The molecular formula is C21H24N2O5S. The van der Waals surface area contributed by atoms with Gasteiger partial charge in [0, 0.05) is 18.7 Å². The molecule has 0 aromatic heterocycles. The van der Waals surface area contributed by atoms with E-state index in [0.717, 1.165) is 11.1 Å². The van der Waals surface area contributed by atoms with Crippen LogP contribution in [0.25, 0.3) is 0 Å². The summed E-state index contributed by atoms with van der Waals surface area (Å²) in [5.41, 5.74) is 1.71. The predicted molar refractivity (Wildman–Crippen MR) is 111 cm³/mol. The Bertz CT molecular complexity index is 1020. The zero-order valence-corrected chi connectivity index (χ0v) is 17.3. The fraction of sp³-hybridized carbons (Fsp3) is 0.381. The van der Waals surface area contributed by atoms with Gasteiger partial charge in [0.2, 0.25) is 0 Å². The van der Waals surface area contributed by atoms with Gasteiger partial charge in [0.15, 0.2) is 9.84 Å². The van der Waals surface area contributed by atoms with Crippen LogP contribution in [-0.2, 0) is 16.4 Å². The summed E-state index contributed by atoms with van der Waals surface area (Å²) >= 11 is 0. The first-order valence-electron chi connectivity index (χ1n) is 9.51. The van der Waals surface area contributed by atoms with Gasteiger partial charge < -0.3 is 4.90 Å². The van der Waals surface area contributed by atoms with Crippen LogP contribution in [0.1, 0.15) is 47.7 Å². The molecule has 0 aliphatic carbocycles. The highest BCUT2D eigenvalue weighted by atomic mass is 32.2. The van der Waals surface area contributed by atoms with Gasteiger partial charge in [-0.2, -0.15) is 0 Å². The Morgan fingerprint density at radius 2 is 1.83 bits per heavy atom. The number of carbonyl (C=O) groups excluding carboxylic acids is 1. The van der Waals surface area contributed by atoms with Gasteiger partial charge in [0.1, 0.15) is 5.56 Å². The number of nitrogens with zero attached hydrogens (tertiary/aromatic N) is 2. The monoisotopic (exact) mass is 416 g/mol. The van der Waals surface area contributed by atoms with E-state index in [1.807, 2.05) is 24.3 Å². The van der Waals surface area contributed by atoms with E-state index in [1.54, 1.807) is 6.07 Å². The van der Waals surface area contributed by atoms with Crippen LogP contribution in [0.3, 0.4) is 0 Å². The highest BCUT2D eigenvalue weighted by Gasteiger charge is 2.36. The maximum absolute atomic E-state index is 13.3. The molecule has 0 spiro atoms. The van der Waals surface area contributed by atoms with Crippen molar-refractivity contribution in [2.45, 2.75) is 38.8 Å². The molecule has 1 heterocycles. The van der Waals surface area contributed by atoms with Gasteiger partial charge in [-0.3, -0.25) is 14.9 Å². The zero-order chi connectivity index (χ0) is 21.2. The Morgan fingerprint density at radius 3 is 2.38 bits per heavy atom. The second kappa shape index (κ2) is 8.32. The molecule has 0 unspecified atom stereocenters. The van der Waals surface area contributed by atoms with Gasteiger partial charge in [-0.15, -0.1) is 0 Å². The topological polar surface area (TPSA) is 97.6 Å². The fourth-order valence-electron chi connectivity index (χ4n) is 3.56. The molecule has 0 saturated carbocycles. The summed E-state index contributed by atoms with van der Waals surface area (Å²) in [5, 5.41) is 11.4. The third-order valence-corrected chi connectivity index (χ3v) is 6.99. The van der Waals surface area contributed by atoms with Crippen LogP contribution in [0, 0.1) is 10.1 Å². The molecule has 1 amide bonds. The quantitative estimate of drug-likeness (QED) is 0.530. The average Bonchev–Trinajstić information content (AvgIpc) is 3.05. The highest BCUT2D eigenvalue weighted by Crippen LogP contribution is 2.26. The van der Waals surface area contributed by atoms with E-state index in [2.05, 4.69) is 13.8 Å². The van der Waals surface area contributed by atoms with Gasteiger partial charge in [-0.25, -0.2) is 8.42 Å². The number of nitro groups is 1. The third-order valence-electron chi connectivity index (χ3n) is 5.24. The summed E-state index contributed by atoms with van der Waals surface area (Å²) in [6.07, 6.45) is 0.332. The highest BCUT2D eigenvalue weighted by molar-refractivity contribution is 7.91. The molecule has 1 atom stereocenters. The number of amides is 1. The van der Waals surface area contributed by atoms with Crippen LogP contribution in [0.2, 0.25) is 0 Å². The largest absolute Gasteiger partial charge is 0.330 e. The minimum atomic E-state index is -3.22. The van der Waals surface area contributed by atoms with Gasteiger partial charge in [0.25, 0.3) is 11.6 Å². The molecule has 1 fully saturated rings. The molecule has 1 aliphatic rings. The van der Waals surface area contributed by atoms with Crippen LogP contribution in [0.15, 0.2) is 48.5 Å². The van der Waals surface area contributed by atoms with Crippen LogP contribution in [0.5, 0.6) is 0 Å². The van der Waals surface area contributed by atoms with Crippen LogP contribution < -0.4 is 0 Å². The molecule has 3 rings (SSSR count). The lowest BCUT2D eigenvalue weighted by Gasteiger charge is -2.28. The molecular weight excluding hydrogens is 392 g/mol. The van der Waals surface area contributed by atoms with Crippen molar-refractivity contribution in [3.05, 3.63) is 75.3 Å². The normalized spacial score (nSPS) is 18.0. The van der Waals surface area contributed by atoms with E-state index < -0.39 is 26.7 Å². The maximum Gasteiger partial charge on any atom is 0.282 e. The van der Waals surface area contributed by atoms with Crippen LogP contribution in [0.4, 0.5) is 5.69 Å². The molecule has 1 saturated heterocycles. The third kappa shape index (κ3) is 4.82. The van der Waals surface area contributed by atoms with E-state index >= 15 is 0 Å². The van der Waals surface area contributed by atoms with Crippen molar-refractivity contribution in [2.24, 2.45) is 0 Å². The number of carbonyl (C=O) groups is 1. The summed E-state index contributed by atoms with van der Waals surface area (Å²) in [7, 11) is -3.22. The van der Waals surface area contributed by atoms with Crippen molar-refractivity contribution in [3.63, 3.8) is 0 Å². The molecule has 2 aromatic carbocycles. The zero-order valence-electron chi connectivity index (χ0n) is 16.4. The summed E-state index contributed by atoms with van der Waals surface area (Å²) in [6, 6.07) is 13.1. The molecule has 1 aliphatic heterocycles. The van der Waals surface area contributed by atoms with E-state index in [0.29, 0.717) is 12.3 Å². The summed E-state index contributed by atoms with van der Waals surface area (Å²) < 4.78 is 24.0. The number of para-hydroxylation sites is 1. The predicted octanol–water partition coefficient (Wildman–Crippen LogP) is 3.55. The van der Waals surface area contributed by atoms with Crippen molar-refractivity contribution >= 4 is 21.4 Å². The Kier molecular flexibility index (Phi) is 6.02. The number of hydrogen-bond acceptors (Lipinski definition) is 5. The molecule has 29 heavy (non-hydrogen) atoms. The minimum Gasteiger partial charge on any atom is -0.330 e. The summed E-state index contributed by atoms with van der Waals surface area (Å²) in [4.78, 5) is 25.5. The number of benzene rings is 2. The van der Waals surface area contributed by atoms with E-state index in [4.69, 9.17) is 0 Å². The van der Waals surface area contributed by atoms with E-state index in [-0.39, 0.29) is 29.3 Å². The maximum atomic E-state index is 13.3. The second-order valence-electron chi connectivity index (χ2n) is 7.66. The molecule has 8 heteroatoms. The number of hydrogen-bond donors (Lipinski definition) is 0. The van der Waals surface area contributed by atoms with Crippen LogP contribution in [-0.4, -0.2) is 41.7 Å². The molecule has 0 bridgehead atoms. The average molecular weight is 416 g/mol. The fourth-order valence-corrected chi connectivity index (χ4v) is 5.29. The Hall–Kier alpha value is -2.74. The van der Waals surface area contributed by atoms with Gasteiger partial charge in [-0.1, -0.05) is 50.2 Å². The lowest BCUT2D eigenvalue weighted by molar-refractivity contribution is -0.385. The Balaban J connectivity index is 1.95. The number of rotatable bonds is 6. The number of sulfone groups is 1. The van der Waals surface area contributed by atoms with Crippen molar-refractivity contribution in [1.82, 2.24) is 4.90 Å².